The van der Waals surface area contributed by atoms with E-state index in [0.717, 1.165) is 11.5 Å². The van der Waals surface area contributed by atoms with Gasteiger partial charge in [-0.15, -0.1) is 5.10 Å². The van der Waals surface area contributed by atoms with E-state index in [9.17, 15) is 9.59 Å². The molecule has 3 N–H and O–H groups in total. The van der Waals surface area contributed by atoms with Crippen LogP contribution in [0.5, 0.6) is 0 Å². The van der Waals surface area contributed by atoms with Gasteiger partial charge in [0.2, 0.25) is 5.69 Å². The smallest absolute Gasteiger partial charge is 0.359 e. The summed E-state index contributed by atoms with van der Waals surface area (Å²) in [6, 6.07) is 8.23. The second kappa shape index (κ2) is 11.1. The van der Waals surface area contributed by atoms with Crippen LogP contribution < -0.4 is 10.6 Å². The summed E-state index contributed by atoms with van der Waals surface area (Å²) < 4.78 is 3.47. The largest absolute Gasteiger partial charge is 0.476 e. The number of nitrogens with zero attached hydrogens (tertiary/aromatic N) is 3. The summed E-state index contributed by atoms with van der Waals surface area (Å²) in [5.74, 6) is -1.24. The molecule has 0 radical (unpaired) electrons. The van der Waals surface area contributed by atoms with Gasteiger partial charge in [0.1, 0.15) is 0 Å². The quantitative estimate of drug-likeness (QED) is 0.725. The summed E-state index contributed by atoms with van der Waals surface area (Å²) in [5, 5.41) is 17.2. The molecule has 9 heteroatoms. The van der Waals surface area contributed by atoms with E-state index in [1.807, 2.05) is 6.07 Å². The Morgan fingerprint density at radius 1 is 1.08 bits per heavy atom. The van der Waals surface area contributed by atoms with Crippen molar-refractivity contribution in [1.82, 2.24) is 14.5 Å². The first-order valence-electron chi connectivity index (χ1n) is 7.92. The van der Waals surface area contributed by atoms with Gasteiger partial charge in [-0.05, 0) is 31.8 Å². The maximum atomic E-state index is 11.6. The number of benzene rings is 1. The molecule has 0 spiro atoms. The van der Waals surface area contributed by atoms with Crippen LogP contribution in [0, 0.1) is 0 Å². The van der Waals surface area contributed by atoms with Crippen molar-refractivity contribution < 1.29 is 14.7 Å². The zero-order chi connectivity index (χ0) is 18.7. The second-order valence-electron chi connectivity index (χ2n) is 4.82. The van der Waals surface area contributed by atoms with Crippen LogP contribution in [-0.4, -0.2) is 51.2 Å². The van der Waals surface area contributed by atoms with E-state index in [0.29, 0.717) is 5.69 Å². The SMILES string of the molecule is CCN(CC)CC.O=C(Nc1ccccc1)Nc1snnc1C(=O)O. The molecule has 0 aliphatic heterocycles. The third-order valence-electron chi connectivity index (χ3n) is 3.29. The number of aromatic nitrogens is 2. The highest BCUT2D eigenvalue weighted by Gasteiger charge is 2.17. The van der Waals surface area contributed by atoms with Gasteiger partial charge < -0.3 is 15.3 Å². The predicted octanol–water partition coefficient (Wildman–Crippen LogP) is 3.23. The van der Waals surface area contributed by atoms with Gasteiger partial charge in [0.05, 0.1) is 0 Å². The Kier molecular flexibility index (Phi) is 9.12. The molecule has 0 saturated heterocycles. The number of carbonyl (C=O) groups excluding carboxylic acids is 1. The van der Waals surface area contributed by atoms with Gasteiger partial charge in [-0.3, -0.25) is 5.32 Å². The molecule has 1 aromatic carbocycles. The van der Waals surface area contributed by atoms with Crippen LogP contribution in [0.15, 0.2) is 30.3 Å². The number of amides is 2. The van der Waals surface area contributed by atoms with Crippen LogP contribution in [0.2, 0.25) is 0 Å². The Morgan fingerprint density at radius 3 is 2.16 bits per heavy atom. The predicted molar refractivity (Wildman–Crippen MR) is 99.4 cm³/mol. The minimum absolute atomic E-state index is 0.0935. The van der Waals surface area contributed by atoms with E-state index in [2.05, 4.69) is 45.9 Å². The lowest BCUT2D eigenvalue weighted by atomic mass is 10.3. The van der Waals surface area contributed by atoms with E-state index in [4.69, 9.17) is 5.11 Å². The molecule has 2 aromatic rings. The lowest BCUT2D eigenvalue weighted by molar-refractivity contribution is 0.0691. The van der Waals surface area contributed by atoms with Crippen molar-refractivity contribution in [2.45, 2.75) is 20.8 Å². The minimum atomic E-state index is -1.24. The Morgan fingerprint density at radius 2 is 1.68 bits per heavy atom. The molecule has 2 rings (SSSR count). The lowest BCUT2D eigenvalue weighted by Crippen LogP contribution is -2.21. The van der Waals surface area contributed by atoms with E-state index in [1.165, 1.54) is 19.6 Å². The summed E-state index contributed by atoms with van der Waals surface area (Å²) in [6.45, 7) is 10.1. The number of rotatable bonds is 6. The van der Waals surface area contributed by atoms with E-state index in [-0.39, 0.29) is 10.7 Å². The minimum Gasteiger partial charge on any atom is -0.476 e. The van der Waals surface area contributed by atoms with Gasteiger partial charge in [0, 0.05) is 17.2 Å². The zero-order valence-corrected chi connectivity index (χ0v) is 15.3. The monoisotopic (exact) mass is 365 g/mol. The average molecular weight is 365 g/mol. The molecular weight excluding hydrogens is 342 g/mol. The third-order valence-corrected chi connectivity index (χ3v) is 3.93. The standard InChI is InChI=1S/C10H8N4O3S.C6H15N/c15-9(16)7-8(18-14-13-7)12-10(17)11-6-4-2-1-3-5-6;1-4-7(5-2)6-3/h1-5H,(H,15,16)(H2,11,12,17);4-6H2,1-3H3. The van der Waals surface area contributed by atoms with Gasteiger partial charge in [-0.1, -0.05) is 43.5 Å². The Bertz CT molecular complexity index is 653. The molecule has 136 valence electrons. The summed E-state index contributed by atoms with van der Waals surface area (Å²) in [5.41, 5.74) is 0.326. The molecule has 0 bridgehead atoms. The summed E-state index contributed by atoms with van der Waals surface area (Å²) in [4.78, 5) is 24.7. The van der Waals surface area contributed by atoms with Gasteiger partial charge in [-0.2, -0.15) is 0 Å². The van der Waals surface area contributed by atoms with Crippen LogP contribution in [0.4, 0.5) is 15.5 Å². The van der Waals surface area contributed by atoms with Crippen LogP contribution >= 0.6 is 11.5 Å². The second-order valence-corrected chi connectivity index (χ2v) is 5.57. The molecular formula is C16H23N5O3S. The fraction of sp³-hybridized carbons (Fsp3) is 0.375. The number of urea groups is 1. The molecule has 8 nitrogen and oxygen atoms in total. The number of carboxylic acids is 1. The van der Waals surface area contributed by atoms with Crippen LogP contribution in [0.1, 0.15) is 31.3 Å². The number of nitrogens with one attached hydrogen (secondary N) is 2. The highest BCUT2D eigenvalue weighted by Crippen LogP contribution is 2.17. The topological polar surface area (TPSA) is 107 Å². The third kappa shape index (κ3) is 7.27. The van der Waals surface area contributed by atoms with E-state index in [1.54, 1.807) is 24.3 Å². The van der Waals surface area contributed by atoms with E-state index >= 15 is 0 Å². The number of anilines is 2. The summed E-state index contributed by atoms with van der Waals surface area (Å²) in [7, 11) is 0. The molecule has 0 saturated carbocycles. The Labute approximate surface area is 151 Å². The Balaban J connectivity index is 0.000000381. The summed E-state index contributed by atoms with van der Waals surface area (Å²) >= 11 is 0.803. The van der Waals surface area contributed by atoms with E-state index < -0.39 is 12.0 Å². The van der Waals surface area contributed by atoms with Crippen molar-refractivity contribution in [3.8, 4) is 0 Å². The van der Waals surface area contributed by atoms with Crippen molar-refractivity contribution in [3.63, 3.8) is 0 Å². The average Bonchev–Trinajstić information content (AvgIpc) is 3.06. The highest BCUT2D eigenvalue weighted by atomic mass is 32.1. The lowest BCUT2D eigenvalue weighted by Gasteiger charge is -2.13. The zero-order valence-electron chi connectivity index (χ0n) is 14.5. The molecule has 0 fully saturated rings. The number of aromatic carboxylic acids is 1. The number of hydrogen-bond donors (Lipinski definition) is 3. The first-order valence-corrected chi connectivity index (χ1v) is 8.70. The summed E-state index contributed by atoms with van der Waals surface area (Å²) in [6.07, 6.45) is 0. The molecule has 1 heterocycles. The number of carboxylic acid groups (broad SMARTS) is 1. The van der Waals surface area contributed by atoms with Crippen molar-refractivity contribution in [1.29, 1.82) is 0 Å². The fourth-order valence-corrected chi connectivity index (χ4v) is 2.43. The van der Waals surface area contributed by atoms with Gasteiger partial charge in [0.25, 0.3) is 0 Å². The van der Waals surface area contributed by atoms with Crippen LogP contribution in [0.3, 0.4) is 0 Å². The molecule has 0 atom stereocenters. The van der Waals surface area contributed by atoms with Gasteiger partial charge in [0.15, 0.2) is 5.00 Å². The maximum Gasteiger partial charge on any atom is 0.359 e. The fourth-order valence-electron chi connectivity index (χ4n) is 1.87. The first kappa shape index (κ1) is 20.5. The number of para-hydroxylation sites is 1. The van der Waals surface area contributed by atoms with Crippen molar-refractivity contribution in [2.75, 3.05) is 30.3 Å². The maximum absolute atomic E-state index is 11.6. The van der Waals surface area contributed by atoms with Crippen LogP contribution in [0.25, 0.3) is 0 Å². The number of carbonyl (C=O) groups is 2. The van der Waals surface area contributed by atoms with Crippen molar-refractivity contribution >= 4 is 34.2 Å². The molecule has 1 aromatic heterocycles. The van der Waals surface area contributed by atoms with Crippen molar-refractivity contribution in [3.05, 3.63) is 36.0 Å². The molecule has 0 unspecified atom stereocenters. The molecule has 25 heavy (non-hydrogen) atoms. The Hall–Kier alpha value is -2.52. The van der Waals surface area contributed by atoms with Gasteiger partial charge >= 0.3 is 12.0 Å². The normalized spacial score (nSPS) is 9.92. The molecule has 0 aliphatic rings. The number of hydrogen-bond acceptors (Lipinski definition) is 6. The first-order chi connectivity index (χ1) is 12.0. The highest BCUT2D eigenvalue weighted by molar-refractivity contribution is 7.10. The molecule has 0 aliphatic carbocycles. The van der Waals surface area contributed by atoms with Crippen LogP contribution in [-0.2, 0) is 0 Å². The molecule has 2 amide bonds. The van der Waals surface area contributed by atoms with Gasteiger partial charge in [-0.25, -0.2) is 9.59 Å². The van der Waals surface area contributed by atoms with Crippen molar-refractivity contribution in [2.24, 2.45) is 0 Å².